The van der Waals surface area contributed by atoms with Crippen LogP contribution in [-0.4, -0.2) is 10.9 Å². The topological polar surface area (TPSA) is 42.0 Å². The van der Waals surface area contributed by atoms with Crippen molar-refractivity contribution in [3.05, 3.63) is 70.4 Å². The van der Waals surface area contributed by atoms with Gasteiger partial charge in [0.15, 0.2) is 0 Å². The van der Waals surface area contributed by atoms with Gasteiger partial charge in [0.1, 0.15) is 0 Å². The third-order valence-corrected chi connectivity index (χ3v) is 4.65. The molecular formula is C21H22N2O. The first-order valence-electron chi connectivity index (χ1n) is 8.28. The van der Waals surface area contributed by atoms with E-state index in [9.17, 15) is 4.79 Å². The normalized spacial score (nSPS) is 10.8. The number of hydrogen-bond donors (Lipinski definition) is 1. The lowest BCUT2D eigenvalue weighted by Crippen LogP contribution is -2.16. The number of anilines is 1. The standard InChI is InChI=1S/C21H22N2O/c1-5-17-15(4)20(16-10-6-7-11-19(16)22-17)21(24)23-18-12-8-9-13(2)14(18)3/h6-12H,5H2,1-4H3,(H,23,24). The van der Waals surface area contributed by atoms with Crippen LogP contribution >= 0.6 is 0 Å². The molecule has 0 spiro atoms. The molecule has 1 N–H and O–H groups in total. The highest BCUT2D eigenvalue weighted by molar-refractivity contribution is 6.13. The lowest BCUT2D eigenvalue weighted by Gasteiger charge is -2.15. The van der Waals surface area contributed by atoms with Gasteiger partial charge >= 0.3 is 0 Å². The predicted octanol–water partition coefficient (Wildman–Crippen LogP) is 4.97. The van der Waals surface area contributed by atoms with Crippen LogP contribution < -0.4 is 5.32 Å². The first-order valence-corrected chi connectivity index (χ1v) is 8.28. The maximum absolute atomic E-state index is 13.0. The van der Waals surface area contributed by atoms with Crippen molar-refractivity contribution >= 4 is 22.5 Å². The van der Waals surface area contributed by atoms with Crippen molar-refractivity contribution in [1.29, 1.82) is 0 Å². The summed E-state index contributed by atoms with van der Waals surface area (Å²) >= 11 is 0. The lowest BCUT2D eigenvalue weighted by atomic mass is 9.99. The Kier molecular flexibility index (Phi) is 4.34. The van der Waals surface area contributed by atoms with Crippen LogP contribution in [-0.2, 0) is 6.42 Å². The summed E-state index contributed by atoms with van der Waals surface area (Å²) in [6, 6.07) is 13.8. The molecule has 0 unspecified atom stereocenters. The van der Waals surface area contributed by atoms with Gasteiger partial charge < -0.3 is 5.32 Å². The van der Waals surface area contributed by atoms with E-state index in [2.05, 4.69) is 12.2 Å². The molecule has 0 saturated carbocycles. The van der Waals surface area contributed by atoms with Gasteiger partial charge in [0.05, 0.1) is 11.1 Å². The lowest BCUT2D eigenvalue weighted by molar-refractivity contribution is 0.102. The van der Waals surface area contributed by atoms with E-state index >= 15 is 0 Å². The fourth-order valence-electron chi connectivity index (χ4n) is 3.07. The van der Waals surface area contributed by atoms with Gasteiger partial charge in [-0.2, -0.15) is 0 Å². The molecule has 0 bridgehead atoms. The van der Waals surface area contributed by atoms with Crippen LogP contribution in [0.15, 0.2) is 42.5 Å². The van der Waals surface area contributed by atoms with E-state index in [4.69, 9.17) is 4.98 Å². The minimum absolute atomic E-state index is 0.0745. The average molecular weight is 318 g/mol. The van der Waals surface area contributed by atoms with Crippen molar-refractivity contribution < 1.29 is 4.79 Å². The van der Waals surface area contributed by atoms with Gasteiger partial charge in [-0.15, -0.1) is 0 Å². The third-order valence-electron chi connectivity index (χ3n) is 4.65. The second-order valence-corrected chi connectivity index (χ2v) is 6.13. The Hall–Kier alpha value is -2.68. The van der Waals surface area contributed by atoms with Crippen LogP contribution in [0.25, 0.3) is 10.9 Å². The maximum Gasteiger partial charge on any atom is 0.256 e. The molecule has 0 radical (unpaired) electrons. The van der Waals surface area contributed by atoms with E-state index in [0.29, 0.717) is 0 Å². The SMILES string of the molecule is CCc1nc2ccccc2c(C(=O)Nc2cccc(C)c2C)c1C. The molecule has 122 valence electrons. The van der Waals surface area contributed by atoms with Gasteiger partial charge in [0.25, 0.3) is 5.91 Å². The second kappa shape index (κ2) is 6.44. The summed E-state index contributed by atoms with van der Waals surface area (Å²) in [4.78, 5) is 17.7. The fourth-order valence-corrected chi connectivity index (χ4v) is 3.07. The van der Waals surface area contributed by atoms with Crippen LogP contribution in [0, 0.1) is 20.8 Å². The first kappa shape index (κ1) is 16.2. The van der Waals surface area contributed by atoms with Crippen molar-refractivity contribution in [3.63, 3.8) is 0 Å². The summed E-state index contributed by atoms with van der Waals surface area (Å²) in [5.74, 6) is -0.0745. The molecule has 3 nitrogen and oxygen atoms in total. The monoisotopic (exact) mass is 318 g/mol. The predicted molar refractivity (Wildman–Crippen MR) is 99.7 cm³/mol. The van der Waals surface area contributed by atoms with Gasteiger partial charge in [-0.25, -0.2) is 0 Å². The molecule has 3 rings (SSSR count). The van der Waals surface area contributed by atoms with Gasteiger partial charge in [0, 0.05) is 16.8 Å². The highest BCUT2D eigenvalue weighted by atomic mass is 16.1. The van der Waals surface area contributed by atoms with Crippen molar-refractivity contribution in [3.8, 4) is 0 Å². The highest BCUT2D eigenvalue weighted by Gasteiger charge is 2.18. The molecule has 3 heteroatoms. The molecule has 0 aliphatic carbocycles. The molecule has 24 heavy (non-hydrogen) atoms. The summed E-state index contributed by atoms with van der Waals surface area (Å²) in [7, 11) is 0. The average Bonchev–Trinajstić information content (AvgIpc) is 2.58. The van der Waals surface area contributed by atoms with Crippen LogP contribution in [0.4, 0.5) is 5.69 Å². The Bertz CT molecular complexity index is 929. The van der Waals surface area contributed by atoms with Crippen molar-refractivity contribution in [2.24, 2.45) is 0 Å². The first-order chi connectivity index (χ1) is 11.5. The van der Waals surface area contributed by atoms with Crippen LogP contribution in [0.1, 0.15) is 39.7 Å². The minimum atomic E-state index is -0.0745. The fraction of sp³-hybridized carbons (Fsp3) is 0.238. The van der Waals surface area contributed by atoms with Gasteiger partial charge in [-0.05, 0) is 56.0 Å². The molecule has 0 saturated heterocycles. The van der Waals surface area contributed by atoms with Crippen LogP contribution in [0.3, 0.4) is 0 Å². The Morgan fingerprint density at radius 3 is 2.50 bits per heavy atom. The van der Waals surface area contributed by atoms with Crippen molar-refractivity contribution in [2.45, 2.75) is 34.1 Å². The molecule has 0 atom stereocenters. The molecule has 1 aromatic heterocycles. The zero-order valence-electron chi connectivity index (χ0n) is 14.6. The van der Waals surface area contributed by atoms with Crippen LogP contribution in [0.2, 0.25) is 0 Å². The number of hydrogen-bond acceptors (Lipinski definition) is 2. The molecular weight excluding hydrogens is 296 g/mol. The minimum Gasteiger partial charge on any atom is -0.322 e. The van der Waals surface area contributed by atoms with Gasteiger partial charge in [-0.3, -0.25) is 9.78 Å². The number of benzene rings is 2. The summed E-state index contributed by atoms with van der Waals surface area (Å²) in [6.45, 7) is 8.12. The Morgan fingerprint density at radius 2 is 1.75 bits per heavy atom. The van der Waals surface area contributed by atoms with Crippen LogP contribution in [0.5, 0.6) is 0 Å². The molecule has 0 aliphatic heterocycles. The smallest absolute Gasteiger partial charge is 0.256 e. The number of nitrogens with one attached hydrogen (secondary N) is 1. The number of amides is 1. The van der Waals surface area contributed by atoms with E-state index in [1.54, 1.807) is 0 Å². The number of fused-ring (bicyclic) bond motifs is 1. The van der Waals surface area contributed by atoms with Gasteiger partial charge in [-0.1, -0.05) is 37.3 Å². The molecule has 3 aromatic rings. The largest absolute Gasteiger partial charge is 0.322 e. The number of para-hydroxylation sites is 1. The van der Waals surface area contributed by atoms with Crippen molar-refractivity contribution in [1.82, 2.24) is 4.98 Å². The Balaban J connectivity index is 2.12. The molecule has 0 aliphatic rings. The number of rotatable bonds is 3. The highest BCUT2D eigenvalue weighted by Crippen LogP contribution is 2.26. The van der Waals surface area contributed by atoms with E-state index in [1.165, 1.54) is 5.56 Å². The number of pyridine rings is 1. The second-order valence-electron chi connectivity index (χ2n) is 6.13. The summed E-state index contributed by atoms with van der Waals surface area (Å²) < 4.78 is 0. The maximum atomic E-state index is 13.0. The number of aryl methyl sites for hydroxylation is 2. The van der Waals surface area contributed by atoms with E-state index in [1.807, 2.05) is 63.2 Å². The summed E-state index contributed by atoms with van der Waals surface area (Å²) in [5, 5.41) is 3.98. The number of nitrogens with zero attached hydrogens (tertiary/aromatic N) is 1. The number of aromatic nitrogens is 1. The van der Waals surface area contributed by atoms with Crippen molar-refractivity contribution in [2.75, 3.05) is 5.32 Å². The molecule has 0 fully saturated rings. The van der Waals surface area contributed by atoms with E-state index in [-0.39, 0.29) is 5.91 Å². The number of carbonyl (C=O) groups excluding carboxylic acids is 1. The summed E-state index contributed by atoms with van der Waals surface area (Å²) in [5.41, 5.74) is 6.64. The van der Waals surface area contributed by atoms with E-state index in [0.717, 1.165) is 45.4 Å². The van der Waals surface area contributed by atoms with E-state index < -0.39 is 0 Å². The Morgan fingerprint density at radius 1 is 1.00 bits per heavy atom. The Labute approximate surface area is 142 Å². The third kappa shape index (κ3) is 2.78. The van der Waals surface area contributed by atoms with Gasteiger partial charge in [0.2, 0.25) is 0 Å². The zero-order chi connectivity index (χ0) is 17.3. The number of carbonyl (C=O) groups is 1. The molecule has 2 aromatic carbocycles. The zero-order valence-corrected chi connectivity index (χ0v) is 14.6. The summed E-state index contributed by atoms with van der Waals surface area (Å²) in [6.07, 6.45) is 0.806. The molecule has 1 amide bonds. The quantitative estimate of drug-likeness (QED) is 0.740. The molecule has 1 heterocycles.